The summed E-state index contributed by atoms with van der Waals surface area (Å²) in [6.45, 7) is 15.0. The quantitative estimate of drug-likeness (QED) is 0.496. The van der Waals surface area contributed by atoms with Crippen LogP contribution in [0.5, 0.6) is 0 Å². The van der Waals surface area contributed by atoms with Gasteiger partial charge in [0.05, 0.1) is 11.5 Å². The molecule has 4 heteroatoms. The first-order valence-electron chi connectivity index (χ1n) is 6.93. The van der Waals surface area contributed by atoms with Crippen molar-refractivity contribution in [2.45, 2.75) is 72.7 Å². The summed E-state index contributed by atoms with van der Waals surface area (Å²) in [6, 6.07) is 0. The van der Waals surface area contributed by atoms with Gasteiger partial charge >= 0.3 is 5.97 Å². The van der Waals surface area contributed by atoms with E-state index in [1.165, 1.54) is 0 Å². The van der Waals surface area contributed by atoms with Gasteiger partial charge in [0.1, 0.15) is 0 Å². The van der Waals surface area contributed by atoms with E-state index < -0.39 is 13.7 Å². The highest BCUT2D eigenvalue weighted by Crippen LogP contribution is 2.24. The maximum atomic E-state index is 12.0. The van der Waals surface area contributed by atoms with Crippen molar-refractivity contribution in [1.82, 2.24) is 0 Å². The Morgan fingerprint density at radius 1 is 1.28 bits per heavy atom. The van der Waals surface area contributed by atoms with Gasteiger partial charge in [-0.3, -0.25) is 4.79 Å². The Balaban J connectivity index is 4.15. The average molecular weight is 274 g/mol. The fourth-order valence-corrected chi connectivity index (χ4v) is 2.24. The first-order chi connectivity index (χ1) is 8.08. The molecular formula is C14H30O3Si. The van der Waals surface area contributed by atoms with Crippen LogP contribution in [0.4, 0.5) is 0 Å². The van der Waals surface area contributed by atoms with E-state index in [2.05, 4.69) is 26.6 Å². The van der Waals surface area contributed by atoms with Crippen molar-refractivity contribution in [2.75, 3.05) is 6.61 Å². The summed E-state index contributed by atoms with van der Waals surface area (Å²) < 4.78 is 11.3. The molecule has 18 heavy (non-hydrogen) atoms. The standard InChI is InChI=1S/C14H30O3Si/c1-8-9-12(2)17-13(15)14(3,4)10-11-16-18(5,6)7/h12H,8-11H2,1-7H3. The second-order valence-electron chi connectivity index (χ2n) is 6.60. The zero-order chi connectivity index (χ0) is 14.4. The highest BCUT2D eigenvalue weighted by molar-refractivity contribution is 6.69. The molecule has 0 aliphatic rings. The second kappa shape index (κ2) is 7.29. The summed E-state index contributed by atoms with van der Waals surface area (Å²) >= 11 is 0. The predicted molar refractivity (Wildman–Crippen MR) is 78.2 cm³/mol. The molecule has 0 bridgehead atoms. The van der Waals surface area contributed by atoms with E-state index >= 15 is 0 Å². The van der Waals surface area contributed by atoms with Gasteiger partial charge in [-0.2, -0.15) is 0 Å². The van der Waals surface area contributed by atoms with Gasteiger partial charge in [-0.15, -0.1) is 0 Å². The summed E-state index contributed by atoms with van der Waals surface area (Å²) in [6.07, 6.45) is 2.69. The Hall–Kier alpha value is -0.353. The van der Waals surface area contributed by atoms with Crippen LogP contribution in [0.1, 0.15) is 47.0 Å². The van der Waals surface area contributed by atoms with Crippen LogP contribution in [0.2, 0.25) is 19.6 Å². The monoisotopic (exact) mass is 274 g/mol. The molecule has 0 saturated carbocycles. The van der Waals surface area contributed by atoms with Gasteiger partial charge in [0.25, 0.3) is 0 Å². The van der Waals surface area contributed by atoms with E-state index in [0.29, 0.717) is 6.61 Å². The molecule has 0 rings (SSSR count). The van der Waals surface area contributed by atoms with Crippen molar-refractivity contribution in [3.8, 4) is 0 Å². The molecule has 0 fully saturated rings. The number of esters is 1. The van der Waals surface area contributed by atoms with Gasteiger partial charge in [0.15, 0.2) is 8.32 Å². The van der Waals surface area contributed by atoms with Crippen LogP contribution in [0, 0.1) is 5.41 Å². The molecule has 1 unspecified atom stereocenters. The van der Waals surface area contributed by atoms with Crippen LogP contribution in [0.25, 0.3) is 0 Å². The van der Waals surface area contributed by atoms with Gasteiger partial charge in [0.2, 0.25) is 0 Å². The van der Waals surface area contributed by atoms with Crippen molar-refractivity contribution < 1.29 is 14.0 Å². The SMILES string of the molecule is CCCC(C)OC(=O)C(C)(C)CCO[Si](C)(C)C. The minimum Gasteiger partial charge on any atom is -0.462 e. The van der Waals surface area contributed by atoms with E-state index in [9.17, 15) is 4.79 Å². The van der Waals surface area contributed by atoms with Crippen molar-refractivity contribution in [3.63, 3.8) is 0 Å². The topological polar surface area (TPSA) is 35.5 Å². The zero-order valence-corrected chi connectivity index (χ0v) is 14.1. The lowest BCUT2D eigenvalue weighted by molar-refractivity contribution is -0.159. The fourth-order valence-electron chi connectivity index (χ4n) is 1.52. The number of rotatable bonds is 8. The molecule has 3 nitrogen and oxygen atoms in total. The minimum absolute atomic E-state index is 0.0136. The molecule has 0 amide bonds. The molecule has 0 spiro atoms. The summed E-state index contributed by atoms with van der Waals surface area (Å²) in [4.78, 5) is 12.0. The maximum absolute atomic E-state index is 12.0. The van der Waals surface area contributed by atoms with Crippen LogP contribution < -0.4 is 0 Å². The molecule has 0 aliphatic heterocycles. The highest BCUT2D eigenvalue weighted by atomic mass is 28.4. The Bertz CT molecular complexity index is 256. The maximum Gasteiger partial charge on any atom is 0.311 e. The van der Waals surface area contributed by atoms with Crippen LogP contribution in [0.15, 0.2) is 0 Å². The van der Waals surface area contributed by atoms with Crippen molar-refractivity contribution in [3.05, 3.63) is 0 Å². The third kappa shape index (κ3) is 7.87. The largest absolute Gasteiger partial charge is 0.462 e. The van der Waals surface area contributed by atoms with Crippen molar-refractivity contribution in [1.29, 1.82) is 0 Å². The number of hydrogen-bond acceptors (Lipinski definition) is 3. The molecular weight excluding hydrogens is 244 g/mol. The number of hydrogen-bond donors (Lipinski definition) is 0. The first-order valence-corrected chi connectivity index (χ1v) is 10.3. The third-order valence-corrected chi connectivity index (χ3v) is 3.89. The second-order valence-corrected chi connectivity index (χ2v) is 11.1. The smallest absolute Gasteiger partial charge is 0.311 e. The van der Waals surface area contributed by atoms with Crippen molar-refractivity contribution in [2.24, 2.45) is 5.41 Å². The normalized spacial score (nSPS) is 14.4. The van der Waals surface area contributed by atoms with Crippen molar-refractivity contribution >= 4 is 14.3 Å². The Kier molecular flexibility index (Phi) is 7.15. The Morgan fingerprint density at radius 3 is 2.28 bits per heavy atom. The molecule has 0 N–H and O–H groups in total. The zero-order valence-electron chi connectivity index (χ0n) is 13.1. The molecule has 0 aliphatic carbocycles. The summed E-state index contributed by atoms with van der Waals surface area (Å²) in [5, 5.41) is 0. The average Bonchev–Trinajstić information content (AvgIpc) is 2.15. The number of carbonyl (C=O) groups excluding carboxylic acids is 1. The lowest BCUT2D eigenvalue weighted by Crippen LogP contribution is -2.33. The van der Waals surface area contributed by atoms with E-state index in [-0.39, 0.29) is 12.1 Å². The van der Waals surface area contributed by atoms with E-state index in [1.807, 2.05) is 20.8 Å². The van der Waals surface area contributed by atoms with Crippen LogP contribution in [0.3, 0.4) is 0 Å². The third-order valence-electron chi connectivity index (χ3n) is 2.82. The highest BCUT2D eigenvalue weighted by Gasteiger charge is 2.30. The molecule has 1 atom stereocenters. The molecule has 0 heterocycles. The molecule has 108 valence electrons. The molecule has 0 radical (unpaired) electrons. The van der Waals surface area contributed by atoms with E-state index in [0.717, 1.165) is 19.3 Å². The lowest BCUT2D eigenvalue weighted by Gasteiger charge is -2.26. The van der Waals surface area contributed by atoms with Gasteiger partial charge in [-0.25, -0.2) is 0 Å². The Morgan fingerprint density at radius 2 is 1.83 bits per heavy atom. The summed E-state index contributed by atoms with van der Waals surface area (Å²) in [5.74, 6) is -0.109. The van der Waals surface area contributed by atoms with E-state index in [4.69, 9.17) is 9.16 Å². The summed E-state index contributed by atoms with van der Waals surface area (Å²) in [7, 11) is -1.49. The molecule has 0 aromatic rings. The number of ether oxygens (including phenoxy) is 1. The number of carbonyl (C=O) groups is 1. The minimum atomic E-state index is -1.49. The van der Waals surface area contributed by atoms with Crippen LogP contribution >= 0.6 is 0 Å². The van der Waals surface area contributed by atoms with E-state index in [1.54, 1.807) is 0 Å². The fraction of sp³-hybridized carbons (Fsp3) is 0.929. The molecule has 0 aromatic heterocycles. The first kappa shape index (κ1) is 17.6. The van der Waals surface area contributed by atoms with Crippen LogP contribution in [-0.2, 0) is 14.0 Å². The van der Waals surface area contributed by atoms with Crippen LogP contribution in [-0.4, -0.2) is 27.0 Å². The van der Waals surface area contributed by atoms with Gasteiger partial charge in [0, 0.05) is 6.61 Å². The van der Waals surface area contributed by atoms with Gasteiger partial charge in [-0.1, -0.05) is 13.3 Å². The van der Waals surface area contributed by atoms with Gasteiger partial charge < -0.3 is 9.16 Å². The molecule has 0 aromatic carbocycles. The lowest BCUT2D eigenvalue weighted by atomic mass is 9.90. The molecule has 0 saturated heterocycles. The van der Waals surface area contributed by atoms with Gasteiger partial charge in [-0.05, 0) is 53.3 Å². The summed E-state index contributed by atoms with van der Waals surface area (Å²) in [5.41, 5.74) is -0.457. The predicted octanol–water partition coefficient (Wildman–Crippen LogP) is 3.99. The Labute approximate surface area is 113 Å².